The first-order valence-electron chi connectivity index (χ1n) is 7.73. The third-order valence-electron chi connectivity index (χ3n) is 4.08. The van der Waals surface area contributed by atoms with Gasteiger partial charge < -0.3 is 10.4 Å². The predicted octanol–water partition coefficient (Wildman–Crippen LogP) is 2.86. The van der Waals surface area contributed by atoms with Crippen molar-refractivity contribution >= 4 is 21.7 Å². The highest BCUT2D eigenvalue weighted by Crippen LogP contribution is 2.26. The van der Waals surface area contributed by atoms with Gasteiger partial charge in [0.1, 0.15) is 0 Å². The van der Waals surface area contributed by atoms with Crippen LogP contribution in [0, 0.1) is 13.8 Å². The largest absolute Gasteiger partial charge is 0.478 e. The lowest BCUT2D eigenvalue weighted by molar-refractivity contribution is 0.0696. The number of sulfonamides is 1. The molecule has 0 fully saturated rings. The van der Waals surface area contributed by atoms with Crippen LogP contribution in [0.15, 0.2) is 41.3 Å². The molecule has 2 aromatic carbocycles. The molecule has 25 heavy (non-hydrogen) atoms. The van der Waals surface area contributed by atoms with E-state index in [4.69, 9.17) is 5.11 Å². The Balaban J connectivity index is 2.32. The first kappa shape index (κ1) is 19.0. The number of carboxylic acid groups (broad SMARTS) is 1. The normalized spacial score (nSPS) is 11.6. The summed E-state index contributed by atoms with van der Waals surface area (Å²) in [7, 11) is -0.534. The fourth-order valence-electron chi connectivity index (χ4n) is 2.38. The van der Waals surface area contributed by atoms with E-state index >= 15 is 0 Å². The second-order valence-electron chi connectivity index (χ2n) is 6.06. The Hall–Kier alpha value is -2.38. The number of benzene rings is 2. The van der Waals surface area contributed by atoms with Crippen LogP contribution in [0.3, 0.4) is 0 Å². The average Bonchev–Trinajstić information content (AvgIpc) is 2.56. The predicted molar refractivity (Wildman–Crippen MR) is 97.5 cm³/mol. The van der Waals surface area contributed by atoms with Crippen molar-refractivity contribution in [3.63, 3.8) is 0 Å². The summed E-state index contributed by atoms with van der Waals surface area (Å²) in [5.41, 5.74) is 3.55. The lowest BCUT2D eigenvalue weighted by Crippen LogP contribution is -2.22. The summed E-state index contributed by atoms with van der Waals surface area (Å²) in [6, 6.07) is 9.90. The van der Waals surface area contributed by atoms with Gasteiger partial charge in [0.05, 0.1) is 10.5 Å². The van der Waals surface area contributed by atoms with Gasteiger partial charge in [-0.25, -0.2) is 17.5 Å². The maximum atomic E-state index is 12.4. The zero-order chi connectivity index (χ0) is 18.8. The number of carbonyl (C=O) groups is 1. The minimum atomic E-state index is -3.52. The van der Waals surface area contributed by atoms with Crippen molar-refractivity contribution < 1.29 is 18.3 Å². The Labute approximate surface area is 148 Å². The molecule has 0 atom stereocenters. The quantitative estimate of drug-likeness (QED) is 0.825. The van der Waals surface area contributed by atoms with E-state index in [1.54, 1.807) is 24.3 Å². The standard InChI is InChI=1S/C18H22N2O4S/c1-12-8-16(25(23,24)20(3)4)10-17(13(12)2)19-11-14-6-5-7-15(9-14)18(21)22/h5-10,19H,11H2,1-4H3,(H,21,22). The van der Waals surface area contributed by atoms with Gasteiger partial charge in [-0.05, 0) is 54.8 Å². The van der Waals surface area contributed by atoms with Crippen LogP contribution in [-0.2, 0) is 16.6 Å². The third kappa shape index (κ3) is 4.18. The molecule has 0 aliphatic carbocycles. The van der Waals surface area contributed by atoms with E-state index in [9.17, 15) is 13.2 Å². The summed E-state index contributed by atoms with van der Waals surface area (Å²) in [4.78, 5) is 11.3. The molecule has 0 aromatic heterocycles. The molecule has 6 nitrogen and oxygen atoms in total. The molecule has 0 heterocycles. The van der Waals surface area contributed by atoms with Crippen LogP contribution in [0.1, 0.15) is 27.0 Å². The van der Waals surface area contributed by atoms with E-state index < -0.39 is 16.0 Å². The highest BCUT2D eigenvalue weighted by molar-refractivity contribution is 7.89. The molecule has 0 spiro atoms. The van der Waals surface area contributed by atoms with E-state index in [0.29, 0.717) is 12.2 Å². The molecule has 0 unspecified atom stereocenters. The number of aryl methyl sites for hydroxylation is 1. The van der Waals surface area contributed by atoms with Crippen LogP contribution in [0.5, 0.6) is 0 Å². The van der Waals surface area contributed by atoms with Gasteiger partial charge in [0.2, 0.25) is 10.0 Å². The van der Waals surface area contributed by atoms with Crippen LogP contribution in [0.2, 0.25) is 0 Å². The lowest BCUT2D eigenvalue weighted by Gasteiger charge is -2.17. The summed E-state index contributed by atoms with van der Waals surface area (Å²) < 4.78 is 25.9. The Kier molecular flexibility index (Phi) is 5.49. The zero-order valence-corrected chi connectivity index (χ0v) is 15.5. The van der Waals surface area contributed by atoms with Gasteiger partial charge in [-0.3, -0.25) is 0 Å². The molecule has 2 N–H and O–H groups in total. The van der Waals surface area contributed by atoms with E-state index in [1.165, 1.54) is 24.5 Å². The average molecular weight is 362 g/mol. The second-order valence-corrected chi connectivity index (χ2v) is 8.21. The summed E-state index contributed by atoms with van der Waals surface area (Å²) in [6.07, 6.45) is 0. The fourth-order valence-corrected chi connectivity index (χ4v) is 3.40. The molecular formula is C18H22N2O4S. The molecule has 0 aliphatic rings. The molecule has 0 bridgehead atoms. The molecule has 2 rings (SSSR count). The molecular weight excluding hydrogens is 340 g/mol. The smallest absolute Gasteiger partial charge is 0.335 e. The number of hydrogen-bond donors (Lipinski definition) is 2. The van der Waals surface area contributed by atoms with Crippen molar-refractivity contribution in [1.29, 1.82) is 0 Å². The van der Waals surface area contributed by atoms with Gasteiger partial charge >= 0.3 is 5.97 Å². The molecule has 0 radical (unpaired) electrons. The van der Waals surface area contributed by atoms with Gasteiger partial charge in [0.15, 0.2) is 0 Å². The van der Waals surface area contributed by atoms with Crippen molar-refractivity contribution in [3.05, 3.63) is 58.7 Å². The van der Waals surface area contributed by atoms with Crippen molar-refractivity contribution in [2.45, 2.75) is 25.3 Å². The number of nitrogens with zero attached hydrogens (tertiary/aromatic N) is 1. The molecule has 0 saturated heterocycles. The summed E-state index contributed by atoms with van der Waals surface area (Å²) in [5.74, 6) is -0.979. The van der Waals surface area contributed by atoms with Crippen LogP contribution in [-0.4, -0.2) is 37.9 Å². The van der Waals surface area contributed by atoms with Crippen LogP contribution in [0.25, 0.3) is 0 Å². The summed E-state index contributed by atoms with van der Waals surface area (Å²) in [6.45, 7) is 4.17. The van der Waals surface area contributed by atoms with Crippen LogP contribution in [0.4, 0.5) is 5.69 Å². The van der Waals surface area contributed by atoms with Gasteiger partial charge in [-0.2, -0.15) is 0 Å². The Morgan fingerprint density at radius 2 is 1.84 bits per heavy atom. The minimum Gasteiger partial charge on any atom is -0.478 e. The van der Waals surface area contributed by atoms with Crippen LogP contribution >= 0.6 is 0 Å². The fraction of sp³-hybridized carbons (Fsp3) is 0.278. The zero-order valence-electron chi connectivity index (χ0n) is 14.7. The highest BCUT2D eigenvalue weighted by atomic mass is 32.2. The van der Waals surface area contributed by atoms with Crippen LogP contribution < -0.4 is 5.32 Å². The topological polar surface area (TPSA) is 86.7 Å². The third-order valence-corrected chi connectivity index (χ3v) is 5.87. The van der Waals surface area contributed by atoms with Crippen molar-refractivity contribution in [1.82, 2.24) is 4.31 Å². The van der Waals surface area contributed by atoms with Gasteiger partial charge in [0, 0.05) is 26.3 Å². The van der Waals surface area contributed by atoms with E-state index in [2.05, 4.69) is 5.32 Å². The van der Waals surface area contributed by atoms with Gasteiger partial charge in [-0.1, -0.05) is 12.1 Å². The molecule has 0 aliphatic heterocycles. The second kappa shape index (κ2) is 7.25. The molecule has 134 valence electrons. The van der Waals surface area contributed by atoms with Gasteiger partial charge in [-0.15, -0.1) is 0 Å². The van der Waals surface area contributed by atoms with Gasteiger partial charge in [0.25, 0.3) is 0 Å². The first-order chi connectivity index (χ1) is 11.6. The van der Waals surface area contributed by atoms with Crippen molar-refractivity contribution in [2.75, 3.05) is 19.4 Å². The SMILES string of the molecule is Cc1cc(S(=O)(=O)N(C)C)cc(NCc2cccc(C(=O)O)c2)c1C. The molecule has 0 saturated carbocycles. The summed E-state index contributed by atoms with van der Waals surface area (Å²) >= 11 is 0. The maximum absolute atomic E-state index is 12.4. The number of aromatic carboxylic acids is 1. The number of hydrogen-bond acceptors (Lipinski definition) is 4. The summed E-state index contributed by atoms with van der Waals surface area (Å²) in [5, 5.41) is 12.3. The minimum absolute atomic E-state index is 0.219. The van der Waals surface area contributed by atoms with E-state index in [-0.39, 0.29) is 10.5 Å². The lowest BCUT2D eigenvalue weighted by atomic mass is 10.1. The molecule has 7 heteroatoms. The number of rotatable bonds is 6. The highest BCUT2D eigenvalue weighted by Gasteiger charge is 2.19. The number of nitrogens with one attached hydrogen (secondary N) is 1. The van der Waals surface area contributed by atoms with E-state index in [0.717, 1.165) is 16.7 Å². The number of anilines is 1. The molecule has 2 aromatic rings. The Morgan fingerprint density at radius 1 is 1.16 bits per heavy atom. The van der Waals surface area contributed by atoms with Crippen molar-refractivity contribution in [3.8, 4) is 0 Å². The van der Waals surface area contributed by atoms with Crippen molar-refractivity contribution in [2.24, 2.45) is 0 Å². The maximum Gasteiger partial charge on any atom is 0.335 e. The monoisotopic (exact) mass is 362 g/mol. The Bertz CT molecular complexity index is 905. The first-order valence-corrected chi connectivity index (χ1v) is 9.17. The number of carboxylic acids is 1. The molecule has 0 amide bonds. The van der Waals surface area contributed by atoms with E-state index in [1.807, 2.05) is 19.9 Å². The Morgan fingerprint density at radius 3 is 2.44 bits per heavy atom.